The lowest BCUT2D eigenvalue weighted by Gasteiger charge is -2.29. The molecular formula is C20H26N4O2. The number of hydrogen-bond donors (Lipinski definition) is 2. The molecule has 0 saturated heterocycles. The van der Waals surface area contributed by atoms with Gasteiger partial charge in [0.25, 0.3) is 5.91 Å². The van der Waals surface area contributed by atoms with Crippen LogP contribution < -0.4 is 5.73 Å². The van der Waals surface area contributed by atoms with Gasteiger partial charge in [0.1, 0.15) is 0 Å². The van der Waals surface area contributed by atoms with Gasteiger partial charge in [0, 0.05) is 32.4 Å². The molecule has 0 atom stereocenters. The molecule has 0 unspecified atom stereocenters. The van der Waals surface area contributed by atoms with Crippen LogP contribution in [0.25, 0.3) is 6.08 Å². The standard InChI is InChI=1S/C20H26N4O2/c1-13-18(14(2)23(3)22-13)7-9-24-8-6-16-10-15(4-5-17(16)12-24)11-19(25)20(21)26/h4-5,10-11,25H,6-9,12H2,1-3H3,(H2,21,26)/b19-11-. The van der Waals surface area contributed by atoms with Gasteiger partial charge in [-0.3, -0.25) is 14.4 Å². The first-order chi connectivity index (χ1) is 12.3. The number of nitrogens with zero attached hydrogens (tertiary/aromatic N) is 3. The van der Waals surface area contributed by atoms with Gasteiger partial charge in [-0.15, -0.1) is 0 Å². The molecule has 0 aliphatic carbocycles. The maximum Gasteiger partial charge on any atom is 0.283 e. The molecule has 3 rings (SSSR count). The topological polar surface area (TPSA) is 84.4 Å². The number of aryl methyl sites for hydroxylation is 2. The molecule has 0 spiro atoms. The predicted octanol–water partition coefficient (Wildman–Crippen LogP) is 2.02. The Bertz CT molecular complexity index is 867. The third-order valence-corrected chi connectivity index (χ3v) is 5.21. The lowest BCUT2D eigenvalue weighted by Crippen LogP contribution is -2.32. The summed E-state index contributed by atoms with van der Waals surface area (Å²) in [5, 5.41) is 14.0. The van der Waals surface area contributed by atoms with Crippen molar-refractivity contribution >= 4 is 12.0 Å². The van der Waals surface area contributed by atoms with Crippen LogP contribution in [-0.2, 0) is 31.2 Å². The molecule has 2 aromatic rings. The van der Waals surface area contributed by atoms with E-state index < -0.39 is 11.7 Å². The van der Waals surface area contributed by atoms with Crippen LogP contribution in [0.2, 0.25) is 0 Å². The molecular weight excluding hydrogens is 328 g/mol. The number of rotatable bonds is 5. The zero-order valence-corrected chi connectivity index (χ0v) is 15.6. The van der Waals surface area contributed by atoms with E-state index in [9.17, 15) is 9.90 Å². The second-order valence-electron chi connectivity index (χ2n) is 6.97. The smallest absolute Gasteiger partial charge is 0.283 e. The zero-order valence-electron chi connectivity index (χ0n) is 15.6. The number of fused-ring (bicyclic) bond motifs is 1. The van der Waals surface area contributed by atoms with Gasteiger partial charge in [-0.2, -0.15) is 5.10 Å². The Morgan fingerprint density at radius 3 is 2.77 bits per heavy atom. The molecule has 1 aliphatic rings. The van der Waals surface area contributed by atoms with Crippen molar-refractivity contribution in [3.8, 4) is 0 Å². The Balaban J connectivity index is 1.66. The fraction of sp³-hybridized carbons (Fsp3) is 0.400. The van der Waals surface area contributed by atoms with E-state index in [-0.39, 0.29) is 0 Å². The molecule has 2 heterocycles. The Hall–Kier alpha value is -2.60. The predicted molar refractivity (Wildman–Crippen MR) is 102 cm³/mol. The van der Waals surface area contributed by atoms with Crippen molar-refractivity contribution in [1.82, 2.24) is 14.7 Å². The Labute approximate surface area is 153 Å². The highest BCUT2D eigenvalue weighted by Crippen LogP contribution is 2.22. The van der Waals surface area contributed by atoms with E-state index in [2.05, 4.69) is 29.9 Å². The van der Waals surface area contributed by atoms with E-state index in [1.165, 1.54) is 28.5 Å². The van der Waals surface area contributed by atoms with E-state index >= 15 is 0 Å². The van der Waals surface area contributed by atoms with E-state index in [1.54, 1.807) is 0 Å². The fourth-order valence-corrected chi connectivity index (χ4v) is 3.59. The first-order valence-electron chi connectivity index (χ1n) is 8.89. The van der Waals surface area contributed by atoms with Crippen molar-refractivity contribution in [3.05, 3.63) is 57.6 Å². The third-order valence-electron chi connectivity index (χ3n) is 5.21. The molecule has 6 heteroatoms. The second kappa shape index (κ2) is 7.33. The van der Waals surface area contributed by atoms with Crippen molar-refractivity contribution in [1.29, 1.82) is 0 Å². The normalized spacial score (nSPS) is 15.1. The van der Waals surface area contributed by atoms with Crippen molar-refractivity contribution < 1.29 is 9.90 Å². The number of carbonyl (C=O) groups excluding carboxylic acids is 1. The first kappa shape index (κ1) is 18.2. The molecule has 0 bridgehead atoms. The summed E-state index contributed by atoms with van der Waals surface area (Å²) in [6.45, 7) is 7.12. The number of aliphatic hydroxyl groups is 1. The van der Waals surface area contributed by atoms with Crippen LogP contribution in [0.15, 0.2) is 24.0 Å². The van der Waals surface area contributed by atoms with Crippen LogP contribution in [0.5, 0.6) is 0 Å². The summed E-state index contributed by atoms with van der Waals surface area (Å²) >= 11 is 0. The summed E-state index contributed by atoms with van der Waals surface area (Å²) in [4.78, 5) is 13.4. The number of aromatic nitrogens is 2. The van der Waals surface area contributed by atoms with Gasteiger partial charge in [0.2, 0.25) is 0 Å². The average Bonchev–Trinajstić information content (AvgIpc) is 2.85. The molecule has 0 saturated carbocycles. The van der Waals surface area contributed by atoms with Crippen molar-refractivity contribution in [2.24, 2.45) is 12.8 Å². The highest BCUT2D eigenvalue weighted by Gasteiger charge is 2.18. The highest BCUT2D eigenvalue weighted by molar-refractivity contribution is 5.94. The lowest BCUT2D eigenvalue weighted by atomic mass is 9.96. The second-order valence-corrected chi connectivity index (χ2v) is 6.97. The summed E-state index contributed by atoms with van der Waals surface area (Å²) in [6.07, 6.45) is 3.39. The third kappa shape index (κ3) is 3.80. The molecule has 1 aliphatic heterocycles. The van der Waals surface area contributed by atoms with Gasteiger partial charge in [-0.1, -0.05) is 18.2 Å². The number of aliphatic hydroxyl groups excluding tert-OH is 1. The minimum Gasteiger partial charge on any atom is -0.503 e. The molecule has 1 aromatic heterocycles. The van der Waals surface area contributed by atoms with Crippen molar-refractivity contribution in [3.63, 3.8) is 0 Å². The first-order valence-corrected chi connectivity index (χ1v) is 8.89. The van der Waals surface area contributed by atoms with Gasteiger partial charge in [0.15, 0.2) is 5.76 Å². The average molecular weight is 354 g/mol. The van der Waals surface area contributed by atoms with E-state index in [4.69, 9.17) is 5.73 Å². The van der Waals surface area contributed by atoms with Crippen LogP contribution in [-0.4, -0.2) is 38.8 Å². The van der Waals surface area contributed by atoms with Crippen LogP contribution in [0.3, 0.4) is 0 Å². The number of nitrogens with two attached hydrogens (primary N) is 1. The van der Waals surface area contributed by atoms with Crippen LogP contribution in [0, 0.1) is 13.8 Å². The minimum atomic E-state index is -0.810. The summed E-state index contributed by atoms with van der Waals surface area (Å²) in [5.41, 5.74) is 12.1. The molecule has 1 aromatic carbocycles. The largest absolute Gasteiger partial charge is 0.503 e. The van der Waals surface area contributed by atoms with Crippen LogP contribution in [0.4, 0.5) is 0 Å². The number of primary amides is 1. The molecule has 0 fully saturated rings. The highest BCUT2D eigenvalue weighted by atomic mass is 16.3. The number of hydrogen-bond acceptors (Lipinski definition) is 4. The molecule has 1 amide bonds. The fourth-order valence-electron chi connectivity index (χ4n) is 3.59. The maximum atomic E-state index is 11.0. The van der Waals surface area contributed by atoms with Gasteiger partial charge >= 0.3 is 0 Å². The summed E-state index contributed by atoms with van der Waals surface area (Å²) in [6, 6.07) is 6.01. The number of benzene rings is 1. The van der Waals surface area contributed by atoms with Gasteiger partial charge < -0.3 is 10.8 Å². The SMILES string of the molecule is Cc1nn(C)c(C)c1CCN1CCc2cc(/C=C(\O)C(N)=O)ccc2C1. The summed E-state index contributed by atoms with van der Waals surface area (Å²) < 4.78 is 1.95. The molecule has 0 radical (unpaired) electrons. The molecule has 138 valence electrons. The van der Waals surface area contributed by atoms with Gasteiger partial charge in [-0.05, 0) is 55.0 Å². The number of amides is 1. The zero-order chi connectivity index (χ0) is 18.8. The van der Waals surface area contributed by atoms with Gasteiger partial charge in [0.05, 0.1) is 5.69 Å². The molecule has 26 heavy (non-hydrogen) atoms. The molecule has 3 N–H and O–H groups in total. The molecule has 6 nitrogen and oxygen atoms in total. The summed E-state index contributed by atoms with van der Waals surface area (Å²) in [7, 11) is 1.99. The van der Waals surface area contributed by atoms with Gasteiger partial charge in [-0.25, -0.2) is 0 Å². The van der Waals surface area contributed by atoms with Crippen molar-refractivity contribution in [2.75, 3.05) is 13.1 Å². The maximum absolute atomic E-state index is 11.0. The Kier molecular flexibility index (Phi) is 5.13. The Morgan fingerprint density at radius 1 is 1.35 bits per heavy atom. The lowest BCUT2D eigenvalue weighted by molar-refractivity contribution is -0.116. The van der Waals surface area contributed by atoms with Crippen LogP contribution in [0.1, 0.15) is 33.6 Å². The minimum absolute atomic E-state index is 0.412. The van der Waals surface area contributed by atoms with E-state index in [0.29, 0.717) is 0 Å². The monoisotopic (exact) mass is 354 g/mol. The van der Waals surface area contributed by atoms with Crippen molar-refractivity contribution in [2.45, 2.75) is 33.2 Å². The quantitative estimate of drug-likeness (QED) is 0.635. The van der Waals surface area contributed by atoms with Crippen LogP contribution >= 0.6 is 0 Å². The number of carbonyl (C=O) groups is 1. The Morgan fingerprint density at radius 2 is 2.12 bits per heavy atom. The summed E-state index contributed by atoms with van der Waals surface area (Å²) in [5.74, 6) is -1.22. The van der Waals surface area contributed by atoms with E-state index in [1.807, 2.05) is 23.9 Å². The van der Waals surface area contributed by atoms with E-state index in [0.717, 1.165) is 43.7 Å².